The number of hydrogen-bond donors (Lipinski definition) is 1. The number of benzene rings is 2. The molecule has 5 rings (SSSR count). The molecule has 0 aliphatic carbocycles. The summed E-state index contributed by atoms with van der Waals surface area (Å²) in [5.41, 5.74) is 5.41. The third-order valence-corrected chi connectivity index (χ3v) is 4.58. The van der Waals surface area contributed by atoms with E-state index in [9.17, 15) is 4.79 Å². The Kier molecular flexibility index (Phi) is 3.00. The second kappa shape index (κ2) is 5.34. The van der Waals surface area contributed by atoms with E-state index in [0.29, 0.717) is 5.65 Å². The molecule has 2 aromatic heterocycles. The quantitative estimate of drug-likeness (QED) is 0.614. The van der Waals surface area contributed by atoms with Gasteiger partial charge >= 0.3 is 0 Å². The molecule has 1 N–H and O–H groups in total. The smallest absolute Gasteiger partial charge is 0.274 e. The van der Waals surface area contributed by atoms with E-state index in [1.54, 1.807) is 12.3 Å². The summed E-state index contributed by atoms with van der Waals surface area (Å²) in [6.07, 6.45) is 2.63. The fourth-order valence-corrected chi connectivity index (χ4v) is 3.32. The Bertz CT molecular complexity index is 1140. The SMILES string of the molecule is O=c1cc(-c2ccc3c(c2)CCO3)[nH]c2c(-c3ccccc3)cnn12. The van der Waals surface area contributed by atoms with Gasteiger partial charge in [0.25, 0.3) is 5.56 Å². The molecule has 0 radical (unpaired) electrons. The van der Waals surface area contributed by atoms with Crippen molar-refractivity contribution in [3.63, 3.8) is 0 Å². The summed E-state index contributed by atoms with van der Waals surface area (Å²) >= 11 is 0. The number of hydrogen-bond acceptors (Lipinski definition) is 3. The van der Waals surface area contributed by atoms with Crippen LogP contribution in [0.1, 0.15) is 5.56 Å². The number of aromatic nitrogens is 3. The van der Waals surface area contributed by atoms with Crippen LogP contribution in [0.2, 0.25) is 0 Å². The van der Waals surface area contributed by atoms with Gasteiger partial charge in [-0.15, -0.1) is 0 Å². The van der Waals surface area contributed by atoms with E-state index in [1.165, 1.54) is 10.1 Å². The van der Waals surface area contributed by atoms with Crippen LogP contribution in [-0.2, 0) is 6.42 Å². The van der Waals surface area contributed by atoms with E-state index in [-0.39, 0.29) is 5.56 Å². The summed E-state index contributed by atoms with van der Waals surface area (Å²) in [7, 11) is 0. The summed E-state index contributed by atoms with van der Waals surface area (Å²) in [5.74, 6) is 0.932. The molecule has 0 unspecified atom stereocenters. The van der Waals surface area contributed by atoms with Gasteiger partial charge in [0.2, 0.25) is 0 Å². The molecule has 5 nitrogen and oxygen atoms in total. The Hall–Kier alpha value is -3.34. The average Bonchev–Trinajstić information content (AvgIpc) is 3.28. The molecule has 5 heteroatoms. The maximum atomic E-state index is 12.5. The molecule has 3 heterocycles. The van der Waals surface area contributed by atoms with Crippen LogP contribution in [0.15, 0.2) is 65.6 Å². The zero-order valence-corrected chi connectivity index (χ0v) is 13.4. The van der Waals surface area contributed by atoms with Crippen LogP contribution in [0.5, 0.6) is 5.75 Å². The van der Waals surface area contributed by atoms with Crippen LogP contribution < -0.4 is 10.3 Å². The van der Waals surface area contributed by atoms with Crippen molar-refractivity contribution in [3.8, 4) is 28.1 Å². The molecule has 0 fully saturated rings. The molecule has 4 aromatic rings. The van der Waals surface area contributed by atoms with Gasteiger partial charge in [0.1, 0.15) is 11.4 Å². The number of H-pyrrole nitrogens is 1. The lowest BCUT2D eigenvalue weighted by atomic mass is 10.1. The molecule has 122 valence electrons. The van der Waals surface area contributed by atoms with Crippen molar-refractivity contribution in [3.05, 3.63) is 76.7 Å². The first-order valence-electron chi connectivity index (χ1n) is 8.22. The Morgan fingerprint density at radius 3 is 2.80 bits per heavy atom. The van der Waals surface area contributed by atoms with E-state index < -0.39 is 0 Å². The lowest BCUT2D eigenvalue weighted by molar-refractivity contribution is 0.357. The maximum Gasteiger partial charge on any atom is 0.274 e. The van der Waals surface area contributed by atoms with Crippen molar-refractivity contribution in [2.75, 3.05) is 6.61 Å². The minimum Gasteiger partial charge on any atom is -0.493 e. The predicted octanol–water partition coefficient (Wildman–Crippen LogP) is 3.29. The normalized spacial score (nSPS) is 13.0. The summed E-state index contributed by atoms with van der Waals surface area (Å²) in [6, 6.07) is 17.6. The van der Waals surface area contributed by atoms with Gasteiger partial charge in [0, 0.05) is 18.1 Å². The van der Waals surface area contributed by atoms with Crippen molar-refractivity contribution in [2.24, 2.45) is 0 Å². The zero-order chi connectivity index (χ0) is 16.8. The second-order valence-corrected chi connectivity index (χ2v) is 6.13. The first-order chi connectivity index (χ1) is 12.3. The highest BCUT2D eigenvalue weighted by atomic mass is 16.5. The molecule has 0 atom stereocenters. The first-order valence-corrected chi connectivity index (χ1v) is 8.22. The number of nitrogens with zero attached hydrogens (tertiary/aromatic N) is 2. The van der Waals surface area contributed by atoms with Gasteiger partial charge in [0.15, 0.2) is 0 Å². The van der Waals surface area contributed by atoms with Crippen molar-refractivity contribution >= 4 is 5.65 Å². The Morgan fingerprint density at radius 2 is 1.92 bits per heavy atom. The van der Waals surface area contributed by atoms with Gasteiger partial charge in [0.05, 0.1) is 18.5 Å². The van der Waals surface area contributed by atoms with Gasteiger partial charge in [-0.05, 0) is 34.9 Å². The number of rotatable bonds is 2. The largest absolute Gasteiger partial charge is 0.493 e. The third-order valence-electron chi connectivity index (χ3n) is 4.58. The lowest BCUT2D eigenvalue weighted by Gasteiger charge is -2.06. The molecule has 2 aromatic carbocycles. The molecular formula is C20H15N3O2. The molecule has 0 spiro atoms. The zero-order valence-electron chi connectivity index (χ0n) is 13.4. The highest BCUT2D eigenvalue weighted by Crippen LogP contribution is 2.30. The molecule has 1 aliphatic rings. The van der Waals surface area contributed by atoms with E-state index in [1.807, 2.05) is 42.5 Å². The maximum absolute atomic E-state index is 12.5. The third kappa shape index (κ3) is 2.24. The average molecular weight is 329 g/mol. The highest BCUT2D eigenvalue weighted by molar-refractivity contribution is 5.78. The molecule has 0 bridgehead atoms. The Balaban J connectivity index is 1.71. The number of nitrogens with one attached hydrogen (secondary N) is 1. The van der Waals surface area contributed by atoms with Gasteiger partial charge in [-0.25, -0.2) is 0 Å². The molecular weight excluding hydrogens is 314 g/mol. The summed E-state index contributed by atoms with van der Waals surface area (Å²) in [6.45, 7) is 0.717. The summed E-state index contributed by atoms with van der Waals surface area (Å²) in [5, 5.41) is 4.24. The molecule has 25 heavy (non-hydrogen) atoms. The van der Waals surface area contributed by atoms with Crippen LogP contribution in [0.3, 0.4) is 0 Å². The minimum atomic E-state index is -0.150. The fourth-order valence-electron chi connectivity index (χ4n) is 3.32. The van der Waals surface area contributed by atoms with Crippen LogP contribution >= 0.6 is 0 Å². The van der Waals surface area contributed by atoms with Gasteiger partial charge in [-0.1, -0.05) is 30.3 Å². The van der Waals surface area contributed by atoms with E-state index >= 15 is 0 Å². The van der Waals surface area contributed by atoms with Gasteiger partial charge in [-0.2, -0.15) is 9.61 Å². The van der Waals surface area contributed by atoms with Crippen molar-refractivity contribution in [1.29, 1.82) is 0 Å². The Morgan fingerprint density at radius 1 is 1.04 bits per heavy atom. The van der Waals surface area contributed by atoms with Crippen LogP contribution in [0.4, 0.5) is 0 Å². The molecule has 1 aliphatic heterocycles. The van der Waals surface area contributed by atoms with Gasteiger partial charge in [-0.3, -0.25) is 4.79 Å². The number of ether oxygens (including phenoxy) is 1. The fraction of sp³-hybridized carbons (Fsp3) is 0.100. The van der Waals surface area contributed by atoms with Crippen molar-refractivity contribution in [2.45, 2.75) is 6.42 Å². The van der Waals surface area contributed by atoms with E-state index in [0.717, 1.165) is 41.2 Å². The van der Waals surface area contributed by atoms with Crippen LogP contribution in [0.25, 0.3) is 28.0 Å². The van der Waals surface area contributed by atoms with Crippen molar-refractivity contribution in [1.82, 2.24) is 14.6 Å². The molecule has 0 amide bonds. The van der Waals surface area contributed by atoms with Gasteiger partial charge < -0.3 is 9.72 Å². The summed E-state index contributed by atoms with van der Waals surface area (Å²) in [4.78, 5) is 15.9. The van der Waals surface area contributed by atoms with E-state index in [2.05, 4.69) is 16.1 Å². The topological polar surface area (TPSA) is 59.4 Å². The van der Waals surface area contributed by atoms with Crippen LogP contribution in [-0.4, -0.2) is 21.2 Å². The van der Waals surface area contributed by atoms with Crippen molar-refractivity contribution < 1.29 is 4.74 Å². The minimum absolute atomic E-state index is 0.150. The first kappa shape index (κ1) is 14.0. The van der Waals surface area contributed by atoms with Crippen LogP contribution in [0, 0.1) is 0 Å². The number of aromatic amines is 1. The molecule has 0 saturated carbocycles. The van der Waals surface area contributed by atoms with E-state index in [4.69, 9.17) is 4.74 Å². The second-order valence-electron chi connectivity index (χ2n) is 6.13. The summed E-state index contributed by atoms with van der Waals surface area (Å²) < 4.78 is 6.97. The monoisotopic (exact) mass is 329 g/mol. The highest BCUT2D eigenvalue weighted by Gasteiger charge is 2.15. The standard InChI is InChI=1S/C20H15N3O2/c24-19-11-17(14-6-7-18-15(10-14)8-9-25-18)22-20-16(12-21-23(19)20)13-4-2-1-3-5-13/h1-7,10-12,22H,8-9H2. The Labute approximate surface area is 143 Å². The molecule has 0 saturated heterocycles. The number of fused-ring (bicyclic) bond motifs is 2. The predicted molar refractivity (Wildman–Crippen MR) is 95.9 cm³/mol. The lowest BCUT2D eigenvalue weighted by Crippen LogP contribution is -2.14.